The molecule has 0 saturated heterocycles. The number of furan rings is 1. The number of fused-ring (bicyclic) bond motifs is 2. The molecule has 2 aromatic rings. The summed E-state index contributed by atoms with van der Waals surface area (Å²) in [4.78, 5) is 12.6. The molecule has 2 aliphatic rings. The fourth-order valence-corrected chi connectivity index (χ4v) is 4.99. The summed E-state index contributed by atoms with van der Waals surface area (Å²) in [6, 6.07) is 3.77. The SMILES string of the molecule is Cc1nn(Cc2ccc(C(=O)N[C@@H](C)[C@@H]3C[C@H]4CC[C@H]3C4)o2)c(C)c1Cl. The van der Waals surface area contributed by atoms with Crippen LogP contribution in [-0.2, 0) is 6.54 Å². The number of carbonyl (C=O) groups is 1. The van der Waals surface area contributed by atoms with Crippen molar-refractivity contribution in [3.8, 4) is 0 Å². The quantitative estimate of drug-likeness (QED) is 0.845. The molecule has 2 heterocycles. The Morgan fingerprint density at radius 1 is 1.38 bits per heavy atom. The molecule has 2 bridgehead atoms. The lowest BCUT2D eigenvalue weighted by Crippen LogP contribution is -2.40. The van der Waals surface area contributed by atoms with Crippen molar-refractivity contribution in [2.75, 3.05) is 0 Å². The first-order valence-electron chi connectivity index (χ1n) is 9.51. The summed E-state index contributed by atoms with van der Waals surface area (Å²) in [7, 11) is 0. The summed E-state index contributed by atoms with van der Waals surface area (Å²) in [6.07, 6.45) is 5.31. The average molecular weight is 376 g/mol. The number of amides is 1. The predicted octanol–water partition coefficient (Wildman–Crippen LogP) is 4.35. The molecule has 4 atom stereocenters. The zero-order valence-corrected chi connectivity index (χ0v) is 16.3. The number of carbonyl (C=O) groups excluding carboxylic acids is 1. The Morgan fingerprint density at radius 2 is 2.19 bits per heavy atom. The maximum Gasteiger partial charge on any atom is 0.287 e. The first-order chi connectivity index (χ1) is 12.4. The molecule has 2 fully saturated rings. The van der Waals surface area contributed by atoms with Gasteiger partial charge in [-0.25, -0.2) is 0 Å². The van der Waals surface area contributed by atoms with Crippen molar-refractivity contribution in [3.05, 3.63) is 40.1 Å². The van der Waals surface area contributed by atoms with Crippen LogP contribution in [0.25, 0.3) is 0 Å². The summed E-state index contributed by atoms with van der Waals surface area (Å²) < 4.78 is 7.56. The highest BCUT2D eigenvalue weighted by molar-refractivity contribution is 6.31. The fourth-order valence-electron chi connectivity index (χ4n) is 4.85. The van der Waals surface area contributed by atoms with Crippen molar-refractivity contribution >= 4 is 17.5 Å². The lowest BCUT2D eigenvalue weighted by molar-refractivity contribution is 0.0885. The zero-order chi connectivity index (χ0) is 18.4. The van der Waals surface area contributed by atoms with Gasteiger partial charge in [-0.15, -0.1) is 0 Å². The van der Waals surface area contributed by atoms with Crippen LogP contribution < -0.4 is 5.32 Å². The van der Waals surface area contributed by atoms with E-state index < -0.39 is 0 Å². The lowest BCUT2D eigenvalue weighted by Gasteiger charge is -2.28. The van der Waals surface area contributed by atoms with E-state index in [0.29, 0.717) is 29.0 Å². The summed E-state index contributed by atoms with van der Waals surface area (Å²) in [5.41, 5.74) is 1.70. The van der Waals surface area contributed by atoms with Gasteiger partial charge >= 0.3 is 0 Å². The van der Waals surface area contributed by atoms with Gasteiger partial charge in [-0.1, -0.05) is 18.0 Å². The van der Waals surface area contributed by atoms with Crippen molar-refractivity contribution < 1.29 is 9.21 Å². The molecule has 0 unspecified atom stereocenters. The van der Waals surface area contributed by atoms with Crippen molar-refractivity contribution in [2.45, 2.75) is 59.0 Å². The molecule has 26 heavy (non-hydrogen) atoms. The minimum absolute atomic E-state index is 0.127. The monoisotopic (exact) mass is 375 g/mol. The lowest BCUT2D eigenvalue weighted by atomic mass is 9.84. The van der Waals surface area contributed by atoms with Gasteiger partial charge in [0.1, 0.15) is 5.76 Å². The molecule has 2 saturated carbocycles. The van der Waals surface area contributed by atoms with E-state index in [0.717, 1.165) is 23.2 Å². The Kier molecular flexibility index (Phi) is 4.59. The van der Waals surface area contributed by atoms with Crippen molar-refractivity contribution in [3.63, 3.8) is 0 Å². The number of aromatic nitrogens is 2. The Balaban J connectivity index is 1.39. The normalized spacial score (nSPS) is 25.6. The standard InChI is InChI=1S/C20H26ClN3O2/c1-11(17-9-14-4-5-15(17)8-14)22-20(25)18-7-6-16(26-18)10-24-13(3)19(21)12(2)23-24/h6-7,11,14-15,17H,4-5,8-10H2,1-3H3,(H,22,25)/t11-,14-,15-,17-/m0/s1. The van der Waals surface area contributed by atoms with Gasteiger partial charge in [-0.3, -0.25) is 9.48 Å². The highest BCUT2D eigenvalue weighted by Crippen LogP contribution is 2.49. The highest BCUT2D eigenvalue weighted by Gasteiger charge is 2.42. The average Bonchev–Trinajstić information content (AvgIpc) is 3.38. The third-order valence-corrected chi connectivity index (χ3v) is 6.83. The van der Waals surface area contributed by atoms with Crippen LogP contribution in [0.5, 0.6) is 0 Å². The van der Waals surface area contributed by atoms with Gasteiger partial charge < -0.3 is 9.73 Å². The number of halogens is 1. The summed E-state index contributed by atoms with van der Waals surface area (Å²) in [6.45, 7) is 6.40. The van der Waals surface area contributed by atoms with E-state index in [1.54, 1.807) is 10.7 Å². The number of rotatable bonds is 5. The minimum atomic E-state index is -0.127. The maximum absolute atomic E-state index is 12.6. The molecule has 5 nitrogen and oxygen atoms in total. The third kappa shape index (κ3) is 3.18. The second-order valence-corrected chi connectivity index (χ2v) is 8.39. The van der Waals surface area contributed by atoms with Crippen molar-refractivity contribution in [1.82, 2.24) is 15.1 Å². The molecular weight excluding hydrogens is 350 g/mol. The van der Waals surface area contributed by atoms with Gasteiger partial charge in [0, 0.05) is 6.04 Å². The first-order valence-corrected chi connectivity index (χ1v) is 9.89. The number of hydrogen-bond donors (Lipinski definition) is 1. The minimum Gasteiger partial charge on any atom is -0.454 e. The van der Waals surface area contributed by atoms with Crippen LogP contribution >= 0.6 is 11.6 Å². The van der Waals surface area contributed by atoms with Crippen LogP contribution in [0.3, 0.4) is 0 Å². The highest BCUT2D eigenvalue weighted by atomic mass is 35.5. The van der Waals surface area contributed by atoms with E-state index in [1.807, 2.05) is 19.9 Å². The van der Waals surface area contributed by atoms with Gasteiger partial charge in [0.05, 0.1) is 23.0 Å². The molecule has 1 N–H and O–H groups in total. The van der Waals surface area contributed by atoms with E-state index in [2.05, 4.69) is 17.3 Å². The van der Waals surface area contributed by atoms with E-state index in [4.69, 9.17) is 16.0 Å². The molecule has 0 aliphatic heterocycles. The van der Waals surface area contributed by atoms with E-state index >= 15 is 0 Å². The van der Waals surface area contributed by atoms with Crippen molar-refractivity contribution in [1.29, 1.82) is 0 Å². The topological polar surface area (TPSA) is 60.1 Å². The van der Waals surface area contributed by atoms with Gasteiger partial charge in [0.15, 0.2) is 5.76 Å². The predicted molar refractivity (Wildman–Crippen MR) is 100 cm³/mol. The Labute approximate surface area is 159 Å². The second-order valence-electron chi connectivity index (χ2n) is 8.01. The largest absolute Gasteiger partial charge is 0.454 e. The fraction of sp³-hybridized carbons (Fsp3) is 0.600. The maximum atomic E-state index is 12.6. The zero-order valence-electron chi connectivity index (χ0n) is 15.6. The molecule has 1 amide bonds. The molecule has 2 aliphatic carbocycles. The smallest absolute Gasteiger partial charge is 0.287 e. The number of nitrogens with zero attached hydrogens (tertiary/aromatic N) is 2. The summed E-state index contributed by atoms with van der Waals surface area (Å²) in [5, 5.41) is 8.23. The molecule has 0 aromatic carbocycles. The van der Waals surface area contributed by atoms with Gasteiger partial charge in [-0.2, -0.15) is 5.10 Å². The molecule has 6 heteroatoms. The summed E-state index contributed by atoms with van der Waals surface area (Å²) in [5.74, 6) is 3.22. The van der Waals surface area contributed by atoms with Gasteiger partial charge in [0.25, 0.3) is 5.91 Å². The van der Waals surface area contributed by atoms with Crippen LogP contribution in [-0.4, -0.2) is 21.7 Å². The summed E-state index contributed by atoms with van der Waals surface area (Å²) >= 11 is 6.19. The Morgan fingerprint density at radius 3 is 2.81 bits per heavy atom. The first kappa shape index (κ1) is 17.7. The molecule has 4 rings (SSSR count). The third-order valence-electron chi connectivity index (χ3n) is 6.28. The van der Waals surface area contributed by atoms with E-state index in [9.17, 15) is 4.79 Å². The molecule has 140 valence electrons. The van der Waals surface area contributed by atoms with Crippen LogP contribution in [0.2, 0.25) is 5.02 Å². The van der Waals surface area contributed by atoms with E-state index in [1.165, 1.54) is 25.7 Å². The van der Waals surface area contributed by atoms with Crippen molar-refractivity contribution in [2.24, 2.45) is 17.8 Å². The number of nitrogens with one attached hydrogen (secondary N) is 1. The van der Waals surface area contributed by atoms with Crippen LogP contribution in [0.1, 0.15) is 60.3 Å². The van der Waals surface area contributed by atoms with Gasteiger partial charge in [-0.05, 0) is 69.9 Å². The number of hydrogen-bond acceptors (Lipinski definition) is 3. The Hall–Kier alpha value is -1.75. The number of aryl methyl sites for hydroxylation is 1. The molecule has 2 aromatic heterocycles. The second kappa shape index (κ2) is 6.76. The van der Waals surface area contributed by atoms with Crippen LogP contribution in [0.15, 0.2) is 16.5 Å². The van der Waals surface area contributed by atoms with Gasteiger partial charge in [0.2, 0.25) is 0 Å². The Bertz CT molecular complexity index is 825. The van der Waals surface area contributed by atoms with Crippen LogP contribution in [0.4, 0.5) is 0 Å². The molecule has 0 radical (unpaired) electrons. The molecular formula is C20H26ClN3O2. The molecule has 0 spiro atoms. The van der Waals surface area contributed by atoms with E-state index in [-0.39, 0.29) is 11.9 Å². The van der Waals surface area contributed by atoms with Crippen LogP contribution in [0, 0.1) is 31.6 Å².